The molecule has 1 amide bonds. The number of phenols is 1. The van der Waals surface area contributed by atoms with Crippen LogP contribution in [0.25, 0.3) is 11.3 Å². The Hall–Kier alpha value is -2.42. The van der Waals surface area contributed by atoms with Crippen molar-refractivity contribution in [3.63, 3.8) is 0 Å². The summed E-state index contributed by atoms with van der Waals surface area (Å²) in [5.41, 5.74) is 0.272. The summed E-state index contributed by atoms with van der Waals surface area (Å²) in [4.78, 5) is 15.5. The van der Waals surface area contributed by atoms with Crippen LogP contribution in [-0.2, 0) is 23.0 Å². The Morgan fingerprint density at radius 3 is 2.73 bits per heavy atom. The normalized spacial score (nSPS) is 17.9. The zero-order valence-electron chi connectivity index (χ0n) is 11.8. The van der Waals surface area contributed by atoms with Gasteiger partial charge in [-0.15, -0.1) is 0 Å². The van der Waals surface area contributed by atoms with Crippen LogP contribution < -0.4 is 9.03 Å². The first kappa shape index (κ1) is 14.5. The number of amides is 1. The van der Waals surface area contributed by atoms with E-state index in [1.807, 2.05) is 0 Å². The fourth-order valence-corrected chi connectivity index (χ4v) is 3.16. The molecule has 1 aromatic heterocycles. The summed E-state index contributed by atoms with van der Waals surface area (Å²) in [6, 6.07) is 2.68. The molecular formula is C13H13FN4O3S. The smallest absolute Gasteiger partial charge is 0.253 e. The molecule has 1 atom stereocenters. The third kappa shape index (κ3) is 2.23. The summed E-state index contributed by atoms with van der Waals surface area (Å²) in [5.74, 6) is -0.969. The number of carbonyl (C=O) groups is 1. The molecule has 0 aliphatic carbocycles. The van der Waals surface area contributed by atoms with Gasteiger partial charge in [0.2, 0.25) is 11.2 Å². The number of hydrogen-bond acceptors (Lipinski definition) is 4. The molecule has 7 nitrogen and oxygen atoms in total. The van der Waals surface area contributed by atoms with Gasteiger partial charge in [0.1, 0.15) is 23.8 Å². The monoisotopic (exact) mass is 324 g/mol. The van der Waals surface area contributed by atoms with Crippen LogP contribution >= 0.6 is 0 Å². The third-order valence-electron chi connectivity index (χ3n) is 3.42. The van der Waals surface area contributed by atoms with Crippen LogP contribution in [0.2, 0.25) is 0 Å². The summed E-state index contributed by atoms with van der Waals surface area (Å²) in [5, 5.41) is 9.91. The second-order valence-corrected chi connectivity index (χ2v) is 6.03. The molecule has 2 N–H and O–H groups in total. The average Bonchev–Trinajstić information content (AvgIpc) is 2.93. The molecule has 0 spiro atoms. The SMILES string of the molecule is Cc1nc(-c2ccc(O)c(N3CC(=O)NS3=O)c2F)cn1C. The van der Waals surface area contributed by atoms with Crippen LogP contribution in [-0.4, -0.2) is 31.3 Å². The van der Waals surface area contributed by atoms with E-state index in [1.165, 1.54) is 12.1 Å². The molecule has 2 aromatic rings. The number of aromatic hydroxyl groups is 1. The molecule has 3 rings (SSSR count). The van der Waals surface area contributed by atoms with Crippen LogP contribution in [0.3, 0.4) is 0 Å². The fourth-order valence-electron chi connectivity index (χ4n) is 2.21. The first-order chi connectivity index (χ1) is 10.4. The lowest BCUT2D eigenvalue weighted by atomic mass is 10.1. The zero-order chi connectivity index (χ0) is 16.0. The second-order valence-electron chi connectivity index (χ2n) is 4.89. The van der Waals surface area contributed by atoms with E-state index in [9.17, 15) is 18.5 Å². The van der Waals surface area contributed by atoms with Crippen molar-refractivity contribution in [1.82, 2.24) is 14.3 Å². The van der Waals surface area contributed by atoms with E-state index in [2.05, 4.69) is 9.71 Å². The van der Waals surface area contributed by atoms with Gasteiger partial charge >= 0.3 is 0 Å². The van der Waals surface area contributed by atoms with E-state index >= 15 is 0 Å². The van der Waals surface area contributed by atoms with Gasteiger partial charge in [-0.1, -0.05) is 0 Å². The number of nitrogens with one attached hydrogen (secondary N) is 1. The predicted molar refractivity (Wildman–Crippen MR) is 78.6 cm³/mol. The molecule has 0 saturated carbocycles. The van der Waals surface area contributed by atoms with E-state index < -0.39 is 28.6 Å². The lowest BCUT2D eigenvalue weighted by Gasteiger charge is -2.17. The van der Waals surface area contributed by atoms with Gasteiger partial charge in [0.05, 0.1) is 5.69 Å². The molecule has 22 heavy (non-hydrogen) atoms. The van der Waals surface area contributed by atoms with E-state index in [0.717, 1.165) is 4.31 Å². The van der Waals surface area contributed by atoms with Crippen molar-refractivity contribution in [2.45, 2.75) is 6.92 Å². The molecule has 1 aliphatic rings. The highest BCUT2D eigenvalue weighted by molar-refractivity contribution is 7.85. The number of nitrogens with zero attached hydrogens (tertiary/aromatic N) is 3. The highest BCUT2D eigenvalue weighted by atomic mass is 32.2. The quantitative estimate of drug-likeness (QED) is 0.853. The molecule has 0 radical (unpaired) electrons. The molecule has 1 aliphatic heterocycles. The number of halogens is 1. The Kier molecular flexibility index (Phi) is 3.36. The number of imidazole rings is 1. The summed E-state index contributed by atoms with van der Waals surface area (Å²) in [6.45, 7) is 1.49. The number of phenolic OH excluding ortho intramolecular Hbond substituents is 1. The van der Waals surface area contributed by atoms with Gasteiger partial charge in [-0.2, -0.15) is 0 Å². The van der Waals surface area contributed by atoms with Crippen molar-refractivity contribution in [1.29, 1.82) is 0 Å². The minimum absolute atomic E-state index is 0.160. The molecule has 1 unspecified atom stereocenters. The van der Waals surface area contributed by atoms with Crippen LogP contribution in [0.15, 0.2) is 18.3 Å². The molecular weight excluding hydrogens is 311 g/mol. The van der Waals surface area contributed by atoms with E-state index in [0.29, 0.717) is 11.5 Å². The van der Waals surface area contributed by atoms with Crippen molar-refractivity contribution in [2.75, 3.05) is 10.8 Å². The van der Waals surface area contributed by atoms with Gasteiger partial charge in [-0.25, -0.2) is 13.6 Å². The molecule has 2 heterocycles. The van der Waals surface area contributed by atoms with Gasteiger partial charge < -0.3 is 9.67 Å². The largest absolute Gasteiger partial charge is 0.506 e. The molecule has 1 saturated heterocycles. The lowest BCUT2D eigenvalue weighted by Crippen LogP contribution is -2.23. The topological polar surface area (TPSA) is 87.5 Å². The first-order valence-electron chi connectivity index (χ1n) is 6.39. The van der Waals surface area contributed by atoms with Gasteiger partial charge in [0.25, 0.3) is 5.91 Å². The van der Waals surface area contributed by atoms with Crippen molar-refractivity contribution in [3.05, 3.63) is 30.0 Å². The molecule has 116 valence electrons. The summed E-state index contributed by atoms with van der Waals surface area (Å²) >= 11 is -1.92. The van der Waals surface area contributed by atoms with Crippen molar-refractivity contribution in [2.24, 2.45) is 7.05 Å². The highest BCUT2D eigenvalue weighted by Gasteiger charge is 2.32. The van der Waals surface area contributed by atoms with Crippen LogP contribution in [0.5, 0.6) is 5.75 Å². The number of carbonyl (C=O) groups excluding carboxylic acids is 1. The minimum atomic E-state index is -1.92. The molecule has 1 aromatic carbocycles. The second kappa shape index (κ2) is 5.09. The van der Waals surface area contributed by atoms with Crippen LogP contribution in [0, 0.1) is 12.7 Å². The third-order valence-corrected chi connectivity index (χ3v) is 4.53. The standard InChI is InChI=1S/C13H13FN4O3S/c1-7-15-9(5-17(7)2)8-3-4-10(19)13(12(8)14)18-6-11(20)16-22(18)21/h3-5,19H,6H2,1-2H3,(H,16,20). The van der Waals surface area contributed by atoms with Gasteiger partial charge in [0.15, 0.2) is 5.82 Å². The summed E-state index contributed by atoms with van der Waals surface area (Å²) < 4.78 is 31.5. The minimum Gasteiger partial charge on any atom is -0.506 e. The lowest BCUT2D eigenvalue weighted by molar-refractivity contribution is -0.117. The Morgan fingerprint density at radius 1 is 1.45 bits per heavy atom. The zero-order valence-corrected chi connectivity index (χ0v) is 12.6. The Morgan fingerprint density at radius 2 is 2.18 bits per heavy atom. The maximum Gasteiger partial charge on any atom is 0.253 e. The number of aromatic nitrogens is 2. The molecule has 1 fully saturated rings. The van der Waals surface area contributed by atoms with Crippen molar-refractivity contribution < 1.29 is 18.5 Å². The Bertz CT molecular complexity index is 785. The number of anilines is 1. The Balaban J connectivity index is 2.14. The van der Waals surface area contributed by atoms with Crippen molar-refractivity contribution in [3.8, 4) is 17.0 Å². The molecule has 9 heteroatoms. The van der Waals surface area contributed by atoms with Gasteiger partial charge in [-0.3, -0.25) is 13.8 Å². The highest BCUT2D eigenvalue weighted by Crippen LogP contribution is 2.37. The van der Waals surface area contributed by atoms with Gasteiger partial charge in [0, 0.05) is 18.8 Å². The van der Waals surface area contributed by atoms with Gasteiger partial charge in [-0.05, 0) is 19.1 Å². The van der Waals surface area contributed by atoms with E-state index in [4.69, 9.17) is 0 Å². The number of rotatable bonds is 2. The summed E-state index contributed by atoms with van der Waals surface area (Å²) in [7, 11) is 1.78. The fraction of sp³-hybridized carbons (Fsp3) is 0.231. The van der Waals surface area contributed by atoms with E-state index in [-0.39, 0.29) is 17.8 Å². The van der Waals surface area contributed by atoms with Crippen LogP contribution in [0.1, 0.15) is 5.82 Å². The van der Waals surface area contributed by atoms with Crippen LogP contribution in [0.4, 0.5) is 10.1 Å². The maximum absolute atomic E-state index is 14.8. The number of aryl methyl sites for hydroxylation is 2. The predicted octanol–water partition coefficient (Wildman–Crippen LogP) is 0.755. The average molecular weight is 324 g/mol. The maximum atomic E-state index is 14.8. The summed E-state index contributed by atoms with van der Waals surface area (Å²) in [6.07, 6.45) is 1.65. The number of benzene rings is 1. The van der Waals surface area contributed by atoms with E-state index in [1.54, 1.807) is 24.7 Å². The Labute approximate surface area is 128 Å². The van der Waals surface area contributed by atoms with Crippen molar-refractivity contribution >= 4 is 22.8 Å². The number of hydrogen-bond donors (Lipinski definition) is 2. The first-order valence-corrected chi connectivity index (χ1v) is 7.50. The molecule has 0 bridgehead atoms.